The molecule has 1 atom stereocenters. The number of hydrogen-bond acceptors (Lipinski definition) is 6. The highest BCUT2D eigenvalue weighted by Crippen LogP contribution is 2.33. The van der Waals surface area contributed by atoms with E-state index in [4.69, 9.17) is 0 Å². The lowest BCUT2D eigenvalue weighted by molar-refractivity contribution is -0.125. The Labute approximate surface area is 182 Å². The van der Waals surface area contributed by atoms with Gasteiger partial charge in [0, 0.05) is 36.8 Å². The molecule has 2 amide bonds. The second-order valence-corrected chi connectivity index (χ2v) is 8.89. The summed E-state index contributed by atoms with van der Waals surface area (Å²) < 4.78 is 0. The molecule has 8 heteroatoms. The molecule has 0 fully saturated rings. The van der Waals surface area contributed by atoms with Crippen molar-refractivity contribution in [1.29, 1.82) is 0 Å². The van der Waals surface area contributed by atoms with Crippen molar-refractivity contribution in [3.05, 3.63) is 76.1 Å². The zero-order valence-corrected chi connectivity index (χ0v) is 17.4. The average Bonchev–Trinajstić information content (AvgIpc) is 3.37. The van der Waals surface area contributed by atoms with Crippen LogP contribution in [0.5, 0.6) is 0 Å². The Kier molecular flexibility index (Phi) is 5.07. The number of fused-ring (bicyclic) bond motifs is 2. The highest BCUT2D eigenvalue weighted by Gasteiger charge is 2.34. The van der Waals surface area contributed by atoms with Crippen molar-refractivity contribution in [2.45, 2.75) is 31.7 Å². The summed E-state index contributed by atoms with van der Waals surface area (Å²) in [7, 11) is 0. The molecular formula is C23H20N4O3S. The van der Waals surface area contributed by atoms with Crippen LogP contribution in [0.25, 0.3) is 0 Å². The zero-order valence-electron chi connectivity index (χ0n) is 16.6. The number of hydrogen-bond donors (Lipinski definition) is 2. The van der Waals surface area contributed by atoms with Crippen LogP contribution in [-0.4, -0.2) is 33.6 Å². The molecule has 0 spiro atoms. The Bertz CT molecular complexity index is 1150. The lowest BCUT2D eigenvalue weighted by Crippen LogP contribution is -2.41. The second kappa shape index (κ2) is 8.03. The van der Waals surface area contributed by atoms with Crippen molar-refractivity contribution in [2.24, 2.45) is 5.92 Å². The van der Waals surface area contributed by atoms with Crippen molar-refractivity contribution < 1.29 is 14.4 Å². The molecule has 1 unspecified atom stereocenters. The third-order valence-electron chi connectivity index (χ3n) is 5.75. The van der Waals surface area contributed by atoms with Gasteiger partial charge in [-0.1, -0.05) is 35.6 Å². The molecule has 5 rings (SSSR count). The minimum atomic E-state index is -0.436. The number of Topliss-reactive ketones (excluding diaryl/α,β-unsaturated/α-hetero) is 1. The monoisotopic (exact) mass is 432 g/mol. The van der Waals surface area contributed by atoms with Crippen LogP contribution >= 0.6 is 11.3 Å². The number of rotatable bonds is 4. The highest BCUT2D eigenvalue weighted by molar-refractivity contribution is 7.17. The van der Waals surface area contributed by atoms with Crippen molar-refractivity contribution in [3.63, 3.8) is 0 Å². The van der Waals surface area contributed by atoms with E-state index in [-0.39, 0.29) is 30.1 Å². The van der Waals surface area contributed by atoms with Crippen LogP contribution in [0, 0.1) is 5.92 Å². The van der Waals surface area contributed by atoms with E-state index in [0.717, 1.165) is 24.2 Å². The van der Waals surface area contributed by atoms with E-state index >= 15 is 0 Å². The molecule has 2 aromatic heterocycles. The van der Waals surface area contributed by atoms with Crippen LogP contribution in [0.4, 0.5) is 5.13 Å². The predicted molar refractivity (Wildman–Crippen MR) is 116 cm³/mol. The topological polar surface area (TPSA) is 101 Å². The minimum Gasteiger partial charge on any atom is -0.352 e. The smallest absolute Gasteiger partial charge is 0.257 e. The standard InChI is InChI=1S/C23H20N4O3S/c28-19-12-16(22(30)25-17-9-14-3-1-2-4-15(14)10-17)11-18-20(19)31-23(26-18)27-21(29)13-5-7-24-8-6-13/h1-8,16-17H,9-12H2,(H,25,30)(H,26,27,29). The average molecular weight is 433 g/mol. The van der Waals surface area contributed by atoms with E-state index in [1.165, 1.54) is 23.5 Å². The quantitative estimate of drug-likeness (QED) is 0.660. The van der Waals surface area contributed by atoms with Gasteiger partial charge in [0.2, 0.25) is 5.91 Å². The Balaban J connectivity index is 1.24. The maximum atomic E-state index is 12.9. The Morgan fingerprint density at radius 3 is 2.39 bits per heavy atom. The molecule has 2 N–H and O–H groups in total. The minimum absolute atomic E-state index is 0.0621. The van der Waals surface area contributed by atoms with E-state index in [0.29, 0.717) is 27.7 Å². The number of carbonyl (C=O) groups is 3. The van der Waals surface area contributed by atoms with E-state index in [9.17, 15) is 14.4 Å². The van der Waals surface area contributed by atoms with Crippen LogP contribution in [0.1, 0.15) is 43.3 Å². The van der Waals surface area contributed by atoms with E-state index in [2.05, 4.69) is 32.7 Å². The van der Waals surface area contributed by atoms with Crippen LogP contribution in [-0.2, 0) is 24.1 Å². The lowest BCUT2D eigenvalue weighted by Gasteiger charge is -2.22. The van der Waals surface area contributed by atoms with Gasteiger partial charge in [-0.05, 0) is 36.1 Å². The van der Waals surface area contributed by atoms with E-state index in [1.807, 2.05) is 12.1 Å². The fourth-order valence-corrected chi connectivity index (χ4v) is 5.16. The molecule has 0 saturated carbocycles. The van der Waals surface area contributed by atoms with Crippen LogP contribution in [0.3, 0.4) is 0 Å². The predicted octanol–water partition coefficient (Wildman–Crippen LogP) is 2.82. The van der Waals surface area contributed by atoms with Gasteiger partial charge in [0.1, 0.15) is 0 Å². The Morgan fingerprint density at radius 1 is 0.968 bits per heavy atom. The molecule has 2 aliphatic rings. The summed E-state index contributed by atoms with van der Waals surface area (Å²) in [5, 5.41) is 6.22. The third kappa shape index (κ3) is 3.98. The Morgan fingerprint density at radius 2 is 1.68 bits per heavy atom. The molecule has 2 aliphatic carbocycles. The molecule has 1 aromatic carbocycles. The number of carbonyl (C=O) groups excluding carboxylic acids is 3. The maximum Gasteiger partial charge on any atom is 0.257 e. The van der Waals surface area contributed by atoms with Gasteiger partial charge in [0.05, 0.1) is 16.5 Å². The summed E-state index contributed by atoms with van der Waals surface area (Å²) in [6.45, 7) is 0. The number of thiazole rings is 1. The molecule has 0 bridgehead atoms. The number of nitrogens with one attached hydrogen (secondary N) is 2. The first-order chi connectivity index (χ1) is 15.1. The molecule has 31 heavy (non-hydrogen) atoms. The summed E-state index contributed by atoms with van der Waals surface area (Å²) in [6, 6.07) is 11.5. The zero-order chi connectivity index (χ0) is 21.4. The number of nitrogens with zero attached hydrogens (tertiary/aromatic N) is 2. The first-order valence-electron chi connectivity index (χ1n) is 10.2. The van der Waals surface area contributed by atoms with Crippen LogP contribution < -0.4 is 10.6 Å². The number of benzene rings is 1. The van der Waals surface area contributed by atoms with Gasteiger partial charge in [0.15, 0.2) is 10.9 Å². The fourth-order valence-electron chi connectivity index (χ4n) is 4.22. The molecular weight excluding hydrogens is 412 g/mol. The van der Waals surface area contributed by atoms with Crippen LogP contribution in [0.15, 0.2) is 48.8 Å². The largest absolute Gasteiger partial charge is 0.352 e. The van der Waals surface area contributed by atoms with Gasteiger partial charge >= 0.3 is 0 Å². The fraction of sp³-hybridized carbons (Fsp3) is 0.261. The summed E-state index contributed by atoms with van der Waals surface area (Å²) in [4.78, 5) is 46.7. The van der Waals surface area contributed by atoms with E-state index < -0.39 is 5.92 Å². The number of anilines is 1. The van der Waals surface area contributed by atoms with Gasteiger partial charge in [0.25, 0.3) is 5.91 Å². The third-order valence-corrected chi connectivity index (χ3v) is 6.81. The summed E-state index contributed by atoms with van der Waals surface area (Å²) in [5.41, 5.74) is 3.58. The maximum absolute atomic E-state index is 12.9. The van der Waals surface area contributed by atoms with Gasteiger partial charge in [-0.3, -0.25) is 24.7 Å². The first kappa shape index (κ1) is 19.6. The van der Waals surface area contributed by atoms with Crippen molar-refractivity contribution >= 4 is 34.1 Å². The van der Waals surface area contributed by atoms with Gasteiger partial charge < -0.3 is 5.32 Å². The second-order valence-electron chi connectivity index (χ2n) is 7.90. The molecule has 0 radical (unpaired) electrons. The van der Waals surface area contributed by atoms with Crippen LogP contribution in [0.2, 0.25) is 0 Å². The normalized spacial score (nSPS) is 17.7. The highest BCUT2D eigenvalue weighted by atomic mass is 32.1. The first-order valence-corrected chi connectivity index (χ1v) is 11.0. The van der Waals surface area contributed by atoms with Crippen molar-refractivity contribution in [1.82, 2.24) is 15.3 Å². The number of aromatic nitrogens is 2. The molecule has 0 saturated heterocycles. The molecule has 156 valence electrons. The Hall–Kier alpha value is -3.39. The van der Waals surface area contributed by atoms with E-state index in [1.54, 1.807) is 12.1 Å². The molecule has 0 aliphatic heterocycles. The van der Waals surface area contributed by atoms with Gasteiger partial charge in [-0.15, -0.1) is 0 Å². The summed E-state index contributed by atoms with van der Waals surface area (Å²) >= 11 is 1.16. The lowest BCUT2D eigenvalue weighted by atomic mass is 9.89. The van der Waals surface area contributed by atoms with Crippen molar-refractivity contribution in [2.75, 3.05) is 5.32 Å². The SMILES string of the molecule is O=C(Nc1nc2c(s1)C(=O)CC(C(=O)NC1Cc3ccccc3C1)C2)c1ccncc1. The molecule has 7 nitrogen and oxygen atoms in total. The van der Waals surface area contributed by atoms with Gasteiger partial charge in [-0.2, -0.15) is 0 Å². The summed E-state index contributed by atoms with van der Waals surface area (Å²) in [6.07, 6.45) is 5.27. The molecule has 3 aromatic rings. The number of pyridine rings is 1. The van der Waals surface area contributed by atoms with Crippen molar-refractivity contribution in [3.8, 4) is 0 Å². The number of amides is 2. The number of ketones is 1. The van der Waals surface area contributed by atoms with Gasteiger partial charge in [-0.25, -0.2) is 4.98 Å². The molecule has 2 heterocycles. The summed E-state index contributed by atoms with van der Waals surface area (Å²) in [5.74, 6) is -0.948.